The number of fused-ring (bicyclic) bond motifs is 1. The molecule has 0 saturated carbocycles. The molecule has 2 N–H and O–H groups in total. The fraction of sp³-hybridized carbons (Fsp3) is 0.208. The lowest BCUT2D eigenvalue weighted by atomic mass is 9.81. The van der Waals surface area contributed by atoms with Crippen molar-refractivity contribution in [3.63, 3.8) is 0 Å². The van der Waals surface area contributed by atoms with Gasteiger partial charge in [-0.1, -0.05) is 48.0 Å². The van der Waals surface area contributed by atoms with Crippen molar-refractivity contribution in [3.05, 3.63) is 98.5 Å². The molecule has 0 fully saturated rings. The topological polar surface area (TPSA) is 79.0 Å². The first-order chi connectivity index (χ1) is 13.9. The van der Waals surface area contributed by atoms with Crippen molar-refractivity contribution in [3.8, 4) is 0 Å². The van der Waals surface area contributed by atoms with Gasteiger partial charge in [-0.15, -0.1) is 0 Å². The van der Waals surface area contributed by atoms with Crippen molar-refractivity contribution in [2.24, 2.45) is 0 Å². The molecular weight excluding hydrogens is 364 g/mol. The molecule has 1 atom stereocenters. The Hall–Kier alpha value is -3.47. The first-order valence-electron chi connectivity index (χ1n) is 9.65. The summed E-state index contributed by atoms with van der Waals surface area (Å²) in [5, 5.41) is 2.78. The Kier molecular flexibility index (Phi) is 4.89. The van der Waals surface area contributed by atoms with Crippen LogP contribution < -0.4 is 10.9 Å². The van der Waals surface area contributed by atoms with Gasteiger partial charge < -0.3 is 10.3 Å². The van der Waals surface area contributed by atoms with E-state index in [1.165, 1.54) is 6.07 Å². The molecule has 5 nitrogen and oxygen atoms in total. The fourth-order valence-electron chi connectivity index (χ4n) is 3.90. The summed E-state index contributed by atoms with van der Waals surface area (Å²) >= 11 is 0. The van der Waals surface area contributed by atoms with Gasteiger partial charge in [0.25, 0.3) is 11.5 Å². The SMILES string of the molecule is Cc1ccc(NC(=O)c2cc3c([nH]c2=O)CC(c2ccccc2)CC3=O)c(C)c1. The van der Waals surface area contributed by atoms with Gasteiger partial charge in [0.1, 0.15) is 5.56 Å². The lowest BCUT2D eigenvalue weighted by Gasteiger charge is -2.24. The summed E-state index contributed by atoms with van der Waals surface area (Å²) in [5.41, 5.74) is 4.23. The number of H-pyrrole nitrogens is 1. The van der Waals surface area contributed by atoms with E-state index in [-0.39, 0.29) is 17.3 Å². The van der Waals surface area contributed by atoms with Crippen molar-refractivity contribution in [2.75, 3.05) is 5.32 Å². The van der Waals surface area contributed by atoms with Gasteiger partial charge in [0.05, 0.1) is 0 Å². The van der Waals surface area contributed by atoms with Gasteiger partial charge in [-0.05, 0) is 49.4 Å². The zero-order valence-corrected chi connectivity index (χ0v) is 16.4. The zero-order chi connectivity index (χ0) is 20.5. The van der Waals surface area contributed by atoms with Gasteiger partial charge >= 0.3 is 0 Å². The van der Waals surface area contributed by atoms with E-state index in [0.29, 0.717) is 29.8 Å². The number of aromatic nitrogens is 1. The van der Waals surface area contributed by atoms with E-state index in [2.05, 4.69) is 10.3 Å². The molecule has 1 aliphatic carbocycles. The Labute approximate surface area is 168 Å². The molecule has 146 valence electrons. The van der Waals surface area contributed by atoms with Gasteiger partial charge in [0.15, 0.2) is 5.78 Å². The normalized spacial score (nSPS) is 15.7. The third kappa shape index (κ3) is 3.76. The molecule has 1 aliphatic rings. The summed E-state index contributed by atoms with van der Waals surface area (Å²) in [6.07, 6.45) is 0.931. The molecule has 0 bridgehead atoms. The maximum absolute atomic E-state index is 12.8. The highest BCUT2D eigenvalue weighted by molar-refractivity contribution is 6.07. The van der Waals surface area contributed by atoms with Crippen LogP contribution in [0.1, 0.15) is 55.4 Å². The van der Waals surface area contributed by atoms with Crippen LogP contribution in [-0.2, 0) is 6.42 Å². The average Bonchev–Trinajstić information content (AvgIpc) is 2.70. The molecule has 1 heterocycles. The Morgan fingerprint density at radius 3 is 2.48 bits per heavy atom. The number of aryl methyl sites for hydroxylation is 2. The molecule has 0 spiro atoms. The minimum absolute atomic E-state index is 0.0294. The summed E-state index contributed by atoms with van der Waals surface area (Å²) in [6, 6.07) is 16.9. The molecule has 1 aromatic heterocycles. The number of hydrogen-bond acceptors (Lipinski definition) is 3. The van der Waals surface area contributed by atoms with E-state index in [4.69, 9.17) is 0 Å². The number of anilines is 1. The van der Waals surface area contributed by atoms with Crippen LogP contribution in [-0.4, -0.2) is 16.7 Å². The molecule has 1 unspecified atom stereocenters. The second kappa shape index (κ2) is 7.51. The van der Waals surface area contributed by atoms with Crippen molar-refractivity contribution in [1.82, 2.24) is 4.98 Å². The average molecular weight is 386 g/mol. The van der Waals surface area contributed by atoms with Crippen LogP contribution in [0.15, 0.2) is 59.4 Å². The minimum Gasteiger partial charge on any atom is -0.325 e. The second-order valence-electron chi connectivity index (χ2n) is 7.62. The summed E-state index contributed by atoms with van der Waals surface area (Å²) in [6.45, 7) is 3.87. The number of amides is 1. The molecule has 1 amide bonds. The summed E-state index contributed by atoms with van der Waals surface area (Å²) in [4.78, 5) is 40.8. The van der Waals surface area contributed by atoms with Crippen LogP contribution in [0, 0.1) is 13.8 Å². The van der Waals surface area contributed by atoms with E-state index in [0.717, 1.165) is 16.7 Å². The van der Waals surface area contributed by atoms with Gasteiger partial charge in [0.2, 0.25) is 0 Å². The fourth-order valence-corrected chi connectivity index (χ4v) is 3.90. The maximum atomic E-state index is 12.8. The van der Waals surface area contributed by atoms with Crippen molar-refractivity contribution < 1.29 is 9.59 Å². The molecule has 3 aromatic rings. The second-order valence-corrected chi connectivity index (χ2v) is 7.62. The number of hydrogen-bond donors (Lipinski definition) is 2. The lowest BCUT2D eigenvalue weighted by Crippen LogP contribution is -2.29. The molecule has 0 aliphatic heterocycles. The number of ketones is 1. The van der Waals surface area contributed by atoms with Crippen LogP contribution in [0.4, 0.5) is 5.69 Å². The number of benzene rings is 2. The Bertz CT molecular complexity index is 1160. The highest BCUT2D eigenvalue weighted by Crippen LogP contribution is 2.31. The largest absolute Gasteiger partial charge is 0.325 e. The quantitative estimate of drug-likeness (QED) is 0.709. The minimum atomic E-state index is -0.515. The van der Waals surface area contributed by atoms with Crippen molar-refractivity contribution in [1.29, 1.82) is 0 Å². The van der Waals surface area contributed by atoms with Gasteiger partial charge in [-0.2, -0.15) is 0 Å². The number of carbonyl (C=O) groups excluding carboxylic acids is 2. The Morgan fingerprint density at radius 2 is 1.76 bits per heavy atom. The molecular formula is C24H22N2O3. The number of carbonyl (C=O) groups is 2. The first-order valence-corrected chi connectivity index (χ1v) is 9.65. The first kappa shape index (κ1) is 18.9. The third-order valence-corrected chi connectivity index (χ3v) is 5.45. The highest BCUT2D eigenvalue weighted by atomic mass is 16.2. The predicted octanol–water partition coefficient (Wildman–Crippen LogP) is 4.16. The summed E-state index contributed by atoms with van der Waals surface area (Å²) in [7, 11) is 0. The zero-order valence-electron chi connectivity index (χ0n) is 16.4. The monoisotopic (exact) mass is 386 g/mol. The summed E-state index contributed by atoms with van der Waals surface area (Å²) in [5.74, 6) is -0.544. The summed E-state index contributed by atoms with van der Waals surface area (Å²) < 4.78 is 0. The highest BCUT2D eigenvalue weighted by Gasteiger charge is 2.28. The van der Waals surface area contributed by atoms with Crippen LogP contribution in [0.2, 0.25) is 0 Å². The maximum Gasteiger partial charge on any atom is 0.261 e. The lowest BCUT2D eigenvalue weighted by molar-refractivity contribution is 0.0963. The van der Waals surface area contributed by atoms with Crippen LogP contribution in [0.25, 0.3) is 0 Å². The van der Waals surface area contributed by atoms with Crippen LogP contribution >= 0.6 is 0 Å². The number of Topliss-reactive ketones (excluding diaryl/α,β-unsaturated/α-hetero) is 1. The molecule has 2 aromatic carbocycles. The Balaban J connectivity index is 1.63. The van der Waals surface area contributed by atoms with E-state index >= 15 is 0 Å². The van der Waals surface area contributed by atoms with Crippen molar-refractivity contribution >= 4 is 17.4 Å². The number of pyridine rings is 1. The third-order valence-electron chi connectivity index (χ3n) is 5.45. The van der Waals surface area contributed by atoms with Gasteiger partial charge in [-0.25, -0.2) is 0 Å². The van der Waals surface area contributed by atoms with E-state index in [1.54, 1.807) is 0 Å². The number of aromatic amines is 1. The molecule has 4 rings (SSSR count). The number of nitrogens with one attached hydrogen (secondary N) is 2. The van der Waals surface area contributed by atoms with Crippen LogP contribution in [0.5, 0.6) is 0 Å². The molecule has 0 saturated heterocycles. The standard InChI is InChI=1S/C24H22N2O3/c1-14-8-9-20(15(2)10-14)25-23(28)19-13-18-21(26-24(19)29)11-17(12-22(18)27)16-6-4-3-5-7-16/h3-10,13,17H,11-12H2,1-2H3,(H,25,28)(H,26,29). The molecule has 0 radical (unpaired) electrons. The van der Waals surface area contributed by atoms with E-state index in [9.17, 15) is 14.4 Å². The van der Waals surface area contributed by atoms with Gasteiger partial charge in [-0.3, -0.25) is 14.4 Å². The molecule has 5 heteroatoms. The van der Waals surface area contributed by atoms with Crippen LogP contribution in [0.3, 0.4) is 0 Å². The molecule has 29 heavy (non-hydrogen) atoms. The van der Waals surface area contributed by atoms with E-state index < -0.39 is 11.5 Å². The van der Waals surface area contributed by atoms with Gasteiger partial charge in [0, 0.05) is 23.4 Å². The van der Waals surface area contributed by atoms with Crippen molar-refractivity contribution in [2.45, 2.75) is 32.6 Å². The smallest absolute Gasteiger partial charge is 0.261 e. The van der Waals surface area contributed by atoms with E-state index in [1.807, 2.05) is 62.4 Å². The predicted molar refractivity (Wildman–Crippen MR) is 113 cm³/mol. The Morgan fingerprint density at radius 1 is 1.00 bits per heavy atom. The number of rotatable bonds is 3.